The topological polar surface area (TPSA) is 71.8 Å². The highest BCUT2D eigenvalue weighted by Crippen LogP contribution is 2.25. The van der Waals surface area contributed by atoms with E-state index in [1.54, 1.807) is 41.5 Å². The zero-order valence-electron chi connectivity index (χ0n) is 15.3. The molecule has 0 bridgehead atoms. The molecule has 0 saturated carbocycles. The zero-order valence-corrected chi connectivity index (χ0v) is 15.3. The fraction of sp³-hybridized carbons (Fsp3) is 0.182. The number of carbonyl (C=O) groups excluding carboxylic acids is 2. The average Bonchev–Trinajstić information content (AvgIpc) is 3.19. The van der Waals surface area contributed by atoms with Gasteiger partial charge in [-0.3, -0.25) is 9.59 Å². The van der Waals surface area contributed by atoms with Crippen LogP contribution in [0.2, 0.25) is 0 Å². The molecule has 0 saturated heterocycles. The van der Waals surface area contributed by atoms with Crippen molar-refractivity contribution < 1.29 is 18.7 Å². The summed E-state index contributed by atoms with van der Waals surface area (Å²) in [6.07, 6.45) is 1.57. The molecule has 28 heavy (non-hydrogen) atoms. The van der Waals surface area contributed by atoms with Crippen molar-refractivity contribution >= 4 is 11.8 Å². The van der Waals surface area contributed by atoms with Crippen LogP contribution in [0.3, 0.4) is 0 Å². The van der Waals surface area contributed by atoms with Crippen LogP contribution in [0.5, 0.6) is 5.75 Å². The van der Waals surface area contributed by atoms with Gasteiger partial charge in [0.2, 0.25) is 0 Å². The van der Waals surface area contributed by atoms with E-state index >= 15 is 0 Å². The largest absolute Gasteiger partial charge is 0.483 e. The van der Waals surface area contributed by atoms with E-state index in [4.69, 9.17) is 9.15 Å². The molecule has 0 atom stereocenters. The van der Waals surface area contributed by atoms with E-state index in [1.165, 1.54) is 0 Å². The number of fused-ring (bicyclic) bond motifs is 1. The van der Waals surface area contributed by atoms with Crippen molar-refractivity contribution in [3.63, 3.8) is 0 Å². The quantitative estimate of drug-likeness (QED) is 0.743. The van der Waals surface area contributed by atoms with Crippen LogP contribution in [0.25, 0.3) is 0 Å². The first-order chi connectivity index (χ1) is 13.7. The van der Waals surface area contributed by atoms with Gasteiger partial charge in [0, 0.05) is 24.2 Å². The molecule has 2 heterocycles. The Kier molecular flexibility index (Phi) is 5.10. The van der Waals surface area contributed by atoms with Gasteiger partial charge in [-0.1, -0.05) is 30.3 Å². The van der Waals surface area contributed by atoms with Gasteiger partial charge in [0.25, 0.3) is 11.8 Å². The van der Waals surface area contributed by atoms with Crippen LogP contribution in [0.15, 0.2) is 71.3 Å². The third kappa shape index (κ3) is 4.06. The maximum atomic E-state index is 12.5. The zero-order chi connectivity index (χ0) is 19.3. The van der Waals surface area contributed by atoms with E-state index in [9.17, 15) is 9.59 Å². The van der Waals surface area contributed by atoms with Crippen molar-refractivity contribution in [2.45, 2.75) is 19.6 Å². The number of benzene rings is 2. The Bertz CT molecular complexity index is 967. The number of hydrogen-bond acceptors (Lipinski definition) is 4. The molecule has 4 rings (SSSR count). The molecule has 0 spiro atoms. The minimum atomic E-state index is -0.204. The molecule has 142 valence electrons. The lowest BCUT2D eigenvalue weighted by Gasteiger charge is -2.20. The van der Waals surface area contributed by atoms with Crippen LogP contribution in [-0.2, 0) is 24.4 Å². The van der Waals surface area contributed by atoms with Crippen LogP contribution in [0.1, 0.15) is 27.2 Å². The number of rotatable bonds is 5. The summed E-state index contributed by atoms with van der Waals surface area (Å²) in [5, 5.41) is 2.83. The number of nitrogens with one attached hydrogen (secondary N) is 1. The van der Waals surface area contributed by atoms with E-state index in [0.29, 0.717) is 36.7 Å². The third-order valence-corrected chi connectivity index (χ3v) is 4.61. The predicted molar refractivity (Wildman–Crippen MR) is 103 cm³/mol. The number of nitrogens with zero attached hydrogens (tertiary/aromatic N) is 1. The van der Waals surface area contributed by atoms with Crippen molar-refractivity contribution in [3.8, 4) is 5.75 Å². The van der Waals surface area contributed by atoms with Crippen LogP contribution in [0.4, 0.5) is 0 Å². The second-order valence-electron chi connectivity index (χ2n) is 6.61. The molecule has 0 unspecified atom stereocenters. The van der Waals surface area contributed by atoms with Gasteiger partial charge in [0.15, 0.2) is 6.61 Å². The number of amides is 2. The second kappa shape index (κ2) is 8.00. The molecule has 1 N–H and O–H groups in total. The van der Waals surface area contributed by atoms with Crippen LogP contribution in [-0.4, -0.2) is 23.3 Å². The van der Waals surface area contributed by atoms with E-state index in [0.717, 1.165) is 11.1 Å². The van der Waals surface area contributed by atoms with E-state index in [1.807, 2.05) is 30.3 Å². The molecule has 0 radical (unpaired) electrons. The third-order valence-electron chi connectivity index (χ3n) is 4.61. The highest BCUT2D eigenvalue weighted by atomic mass is 16.5. The lowest BCUT2D eigenvalue weighted by molar-refractivity contribution is -0.133. The second-order valence-corrected chi connectivity index (χ2v) is 6.61. The van der Waals surface area contributed by atoms with Gasteiger partial charge in [-0.25, -0.2) is 0 Å². The van der Waals surface area contributed by atoms with Gasteiger partial charge in [-0.05, 0) is 35.9 Å². The summed E-state index contributed by atoms with van der Waals surface area (Å²) in [6.45, 7) is 1.20. The highest BCUT2D eigenvalue weighted by Gasteiger charge is 2.22. The first-order valence-electron chi connectivity index (χ1n) is 9.07. The molecule has 1 aliphatic heterocycles. The standard InChI is InChI=1S/C22H20N2O4/c25-21-15-28-20-9-8-17(22(26)23-12-19-7-4-10-27-19)11-18(20)14-24(21)13-16-5-2-1-3-6-16/h1-11H,12-15H2,(H,23,26). The van der Waals surface area contributed by atoms with E-state index < -0.39 is 0 Å². The average molecular weight is 376 g/mol. The molecular weight excluding hydrogens is 356 g/mol. The number of ether oxygens (including phenoxy) is 1. The molecule has 1 aliphatic rings. The molecule has 6 nitrogen and oxygen atoms in total. The number of carbonyl (C=O) groups is 2. The normalized spacial score (nSPS) is 13.4. The first kappa shape index (κ1) is 17.9. The van der Waals surface area contributed by atoms with Crippen molar-refractivity contribution in [1.29, 1.82) is 0 Å². The maximum Gasteiger partial charge on any atom is 0.261 e. The molecular formula is C22H20N2O4. The Morgan fingerprint density at radius 3 is 2.71 bits per heavy atom. The molecule has 1 aromatic heterocycles. The number of hydrogen-bond donors (Lipinski definition) is 1. The van der Waals surface area contributed by atoms with Gasteiger partial charge in [0.1, 0.15) is 11.5 Å². The summed E-state index contributed by atoms with van der Waals surface area (Å²) in [5.41, 5.74) is 2.38. The Morgan fingerprint density at radius 2 is 1.93 bits per heavy atom. The van der Waals surface area contributed by atoms with Gasteiger partial charge in [-0.15, -0.1) is 0 Å². The molecule has 2 aromatic carbocycles. The van der Waals surface area contributed by atoms with Crippen molar-refractivity contribution in [2.75, 3.05) is 6.61 Å². The van der Waals surface area contributed by atoms with Gasteiger partial charge < -0.3 is 19.4 Å². The van der Waals surface area contributed by atoms with Gasteiger partial charge >= 0.3 is 0 Å². The molecule has 0 aliphatic carbocycles. The summed E-state index contributed by atoms with van der Waals surface area (Å²) in [5.74, 6) is 1.03. The monoisotopic (exact) mass is 376 g/mol. The van der Waals surface area contributed by atoms with Gasteiger partial charge in [-0.2, -0.15) is 0 Å². The van der Waals surface area contributed by atoms with E-state index in [-0.39, 0.29) is 18.4 Å². The Labute approximate surface area is 162 Å². The highest BCUT2D eigenvalue weighted by molar-refractivity contribution is 5.94. The Hall–Kier alpha value is -3.54. The number of furan rings is 1. The molecule has 0 fully saturated rings. The fourth-order valence-corrected chi connectivity index (χ4v) is 3.14. The van der Waals surface area contributed by atoms with Crippen molar-refractivity contribution in [3.05, 3.63) is 89.4 Å². The summed E-state index contributed by atoms with van der Waals surface area (Å²) < 4.78 is 10.9. The molecule has 2 amide bonds. The summed E-state index contributed by atoms with van der Waals surface area (Å²) in [6, 6.07) is 18.6. The molecule has 6 heteroatoms. The van der Waals surface area contributed by atoms with Crippen LogP contribution >= 0.6 is 0 Å². The minimum Gasteiger partial charge on any atom is -0.483 e. The van der Waals surface area contributed by atoms with E-state index in [2.05, 4.69) is 5.32 Å². The van der Waals surface area contributed by atoms with Crippen LogP contribution < -0.4 is 10.1 Å². The predicted octanol–water partition coefficient (Wildman–Crippen LogP) is 3.13. The smallest absolute Gasteiger partial charge is 0.261 e. The van der Waals surface area contributed by atoms with Gasteiger partial charge in [0.05, 0.1) is 12.8 Å². The summed E-state index contributed by atoms with van der Waals surface area (Å²) in [4.78, 5) is 26.7. The maximum absolute atomic E-state index is 12.5. The summed E-state index contributed by atoms with van der Waals surface area (Å²) >= 11 is 0. The fourth-order valence-electron chi connectivity index (χ4n) is 3.14. The minimum absolute atomic E-state index is 0.0100. The summed E-state index contributed by atoms with van der Waals surface area (Å²) in [7, 11) is 0. The van der Waals surface area contributed by atoms with Crippen molar-refractivity contribution in [2.24, 2.45) is 0 Å². The SMILES string of the molecule is O=C(NCc1ccco1)c1ccc2c(c1)CN(Cc1ccccc1)C(=O)CO2. The Morgan fingerprint density at radius 1 is 1.07 bits per heavy atom. The lowest BCUT2D eigenvalue weighted by atomic mass is 10.1. The van der Waals surface area contributed by atoms with Crippen LogP contribution in [0, 0.1) is 0 Å². The first-order valence-corrected chi connectivity index (χ1v) is 9.07. The lowest BCUT2D eigenvalue weighted by Crippen LogP contribution is -2.31. The Balaban J connectivity index is 1.50. The van der Waals surface area contributed by atoms with Crippen molar-refractivity contribution in [1.82, 2.24) is 10.2 Å². The molecule has 3 aromatic rings.